The summed E-state index contributed by atoms with van der Waals surface area (Å²) in [6, 6.07) is 0. The zero-order valence-electron chi connectivity index (χ0n) is 10.0. The molecule has 0 heterocycles. The van der Waals surface area contributed by atoms with Gasteiger partial charge in [0.05, 0.1) is 5.25 Å². The molecule has 17 heavy (non-hydrogen) atoms. The molecule has 0 saturated carbocycles. The summed E-state index contributed by atoms with van der Waals surface area (Å²) in [5.41, 5.74) is 10.8. The van der Waals surface area contributed by atoms with Crippen LogP contribution >= 0.6 is 23.5 Å². The van der Waals surface area contributed by atoms with Gasteiger partial charge in [0.1, 0.15) is 12.6 Å². The molecule has 4 nitrogen and oxygen atoms in total. The third kappa shape index (κ3) is 9.64. The molecule has 0 aromatic carbocycles. The number of carbonyl (C=O) groups excluding carboxylic acids is 2. The van der Waals surface area contributed by atoms with Gasteiger partial charge in [0, 0.05) is 36.3 Å². The van der Waals surface area contributed by atoms with Crippen LogP contribution in [0, 0.1) is 0 Å². The molecule has 100 valence electrons. The van der Waals surface area contributed by atoms with Crippen molar-refractivity contribution >= 4 is 36.1 Å². The number of aldehydes is 2. The van der Waals surface area contributed by atoms with Crippen molar-refractivity contribution in [1.82, 2.24) is 0 Å². The molecule has 6 heteroatoms. The molecule has 2 unspecified atom stereocenters. The summed E-state index contributed by atoms with van der Waals surface area (Å²) in [6.07, 6.45) is 4.15. The smallest absolute Gasteiger partial charge is 0.132 e. The lowest BCUT2D eigenvalue weighted by atomic mass is 10.1. The van der Waals surface area contributed by atoms with Crippen molar-refractivity contribution in [2.45, 2.75) is 29.8 Å². The van der Waals surface area contributed by atoms with Crippen molar-refractivity contribution in [3.63, 3.8) is 0 Å². The van der Waals surface area contributed by atoms with E-state index < -0.39 is 0 Å². The first kappa shape index (κ1) is 17.0. The van der Waals surface area contributed by atoms with Crippen molar-refractivity contribution < 1.29 is 9.59 Å². The van der Waals surface area contributed by atoms with Crippen molar-refractivity contribution in [3.8, 4) is 0 Å². The van der Waals surface area contributed by atoms with E-state index in [0.717, 1.165) is 36.9 Å². The summed E-state index contributed by atoms with van der Waals surface area (Å²) >= 11 is 3.31. The standard InChI is InChI=1S/C11H22N2O2S2/c12-4-7-16-10(3-6-14)1-2-11(9-15)17-8-5-13/h6,9-11H,1-5,7-8,12-13H2. The Hall–Kier alpha value is -0.0400. The van der Waals surface area contributed by atoms with E-state index in [2.05, 4.69) is 0 Å². The lowest BCUT2D eigenvalue weighted by Gasteiger charge is -2.15. The molecule has 0 saturated heterocycles. The maximum absolute atomic E-state index is 10.8. The number of nitrogens with two attached hydrogens (primary N) is 2. The van der Waals surface area contributed by atoms with Crippen LogP contribution in [0.25, 0.3) is 0 Å². The van der Waals surface area contributed by atoms with Gasteiger partial charge in [0.25, 0.3) is 0 Å². The summed E-state index contributed by atoms with van der Waals surface area (Å²) in [4.78, 5) is 21.4. The minimum Gasteiger partial charge on any atom is -0.330 e. The zero-order valence-corrected chi connectivity index (χ0v) is 11.7. The molecule has 0 aromatic heterocycles. The van der Waals surface area contributed by atoms with Crippen LogP contribution in [0.1, 0.15) is 19.3 Å². The quantitative estimate of drug-likeness (QED) is 0.510. The Morgan fingerprint density at radius 3 is 2.18 bits per heavy atom. The average Bonchev–Trinajstić information content (AvgIpc) is 2.35. The van der Waals surface area contributed by atoms with Gasteiger partial charge in [0.15, 0.2) is 0 Å². The van der Waals surface area contributed by atoms with Crippen LogP contribution in [0.5, 0.6) is 0 Å². The van der Waals surface area contributed by atoms with Crippen molar-refractivity contribution in [2.24, 2.45) is 11.5 Å². The van der Waals surface area contributed by atoms with E-state index >= 15 is 0 Å². The van der Waals surface area contributed by atoms with Crippen LogP contribution in [0.15, 0.2) is 0 Å². The summed E-state index contributed by atoms with van der Waals surface area (Å²) < 4.78 is 0. The highest BCUT2D eigenvalue weighted by molar-refractivity contribution is 8.00. The fourth-order valence-corrected chi connectivity index (χ4v) is 3.18. The van der Waals surface area contributed by atoms with E-state index in [1.807, 2.05) is 0 Å². The van der Waals surface area contributed by atoms with Crippen LogP contribution in [0.2, 0.25) is 0 Å². The maximum Gasteiger partial charge on any atom is 0.132 e. The number of hydrogen-bond acceptors (Lipinski definition) is 6. The third-order valence-electron chi connectivity index (χ3n) is 2.21. The highest BCUT2D eigenvalue weighted by Crippen LogP contribution is 2.22. The molecule has 4 N–H and O–H groups in total. The number of thioether (sulfide) groups is 2. The minimum atomic E-state index is 0.00572. The summed E-state index contributed by atoms with van der Waals surface area (Å²) in [5, 5.41) is 0.295. The van der Waals surface area contributed by atoms with Gasteiger partial charge in [-0.2, -0.15) is 11.8 Å². The van der Waals surface area contributed by atoms with Crippen LogP contribution < -0.4 is 11.5 Å². The minimum absolute atomic E-state index is 0.00572. The Labute approximate surface area is 112 Å². The number of hydrogen-bond donors (Lipinski definition) is 2. The van der Waals surface area contributed by atoms with E-state index in [4.69, 9.17) is 11.5 Å². The molecule has 0 aromatic rings. The average molecular weight is 278 g/mol. The van der Waals surface area contributed by atoms with Gasteiger partial charge in [-0.25, -0.2) is 0 Å². The molecule has 0 bridgehead atoms. The lowest BCUT2D eigenvalue weighted by Crippen LogP contribution is -2.15. The monoisotopic (exact) mass is 278 g/mol. The number of rotatable bonds is 12. The Morgan fingerprint density at radius 2 is 1.65 bits per heavy atom. The topological polar surface area (TPSA) is 86.2 Å². The molecule has 0 aliphatic carbocycles. The van der Waals surface area contributed by atoms with Gasteiger partial charge in [0.2, 0.25) is 0 Å². The Balaban J connectivity index is 3.89. The maximum atomic E-state index is 10.8. The summed E-state index contributed by atoms with van der Waals surface area (Å²) in [7, 11) is 0. The molecule has 2 atom stereocenters. The molecular formula is C11H22N2O2S2. The first-order chi connectivity index (χ1) is 8.28. The van der Waals surface area contributed by atoms with E-state index in [0.29, 0.717) is 19.5 Å². The second-order valence-corrected chi connectivity index (χ2v) is 6.35. The molecular weight excluding hydrogens is 256 g/mol. The van der Waals surface area contributed by atoms with Gasteiger partial charge < -0.3 is 21.1 Å². The van der Waals surface area contributed by atoms with Gasteiger partial charge in [-0.3, -0.25) is 0 Å². The Bertz CT molecular complexity index is 206. The molecule has 0 spiro atoms. The highest BCUT2D eigenvalue weighted by Gasteiger charge is 2.13. The molecule has 0 radical (unpaired) electrons. The van der Waals surface area contributed by atoms with Gasteiger partial charge in [-0.05, 0) is 12.8 Å². The van der Waals surface area contributed by atoms with E-state index in [1.165, 1.54) is 0 Å². The van der Waals surface area contributed by atoms with Crippen molar-refractivity contribution in [3.05, 3.63) is 0 Å². The van der Waals surface area contributed by atoms with E-state index in [1.54, 1.807) is 23.5 Å². The SMILES string of the molecule is NCCSC(C=O)CCC(CC=O)SCCN. The summed E-state index contributed by atoms with van der Waals surface area (Å²) in [6.45, 7) is 1.22. The van der Waals surface area contributed by atoms with Gasteiger partial charge in [-0.1, -0.05) is 0 Å². The Morgan fingerprint density at radius 1 is 1.00 bits per heavy atom. The predicted octanol–water partition coefficient (Wildman–Crippen LogP) is 0.676. The fraction of sp³-hybridized carbons (Fsp3) is 0.818. The zero-order chi connectivity index (χ0) is 12.9. The normalized spacial score (nSPS) is 14.2. The second kappa shape index (κ2) is 12.4. The first-order valence-electron chi connectivity index (χ1n) is 5.80. The van der Waals surface area contributed by atoms with Crippen molar-refractivity contribution in [1.29, 1.82) is 0 Å². The highest BCUT2D eigenvalue weighted by atomic mass is 32.2. The summed E-state index contributed by atoms with van der Waals surface area (Å²) in [5.74, 6) is 1.66. The second-order valence-electron chi connectivity index (χ2n) is 3.60. The third-order valence-corrected chi connectivity index (χ3v) is 4.82. The van der Waals surface area contributed by atoms with Crippen LogP contribution in [0.4, 0.5) is 0 Å². The van der Waals surface area contributed by atoms with E-state index in [9.17, 15) is 9.59 Å². The molecule has 0 aliphatic rings. The Kier molecular flexibility index (Phi) is 12.4. The molecule has 0 aliphatic heterocycles. The molecule has 0 rings (SSSR count). The molecule has 0 amide bonds. The van der Waals surface area contributed by atoms with Gasteiger partial charge in [-0.15, -0.1) is 11.8 Å². The van der Waals surface area contributed by atoms with Crippen LogP contribution in [0.3, 0.4) is 0 Å². The molecule has 0 fully saturated rings. The van der Waals surface area contributed by atoms with E-state index in [-0.39, 0.29) is 10.5 Å². The fourth-order valence-electron chi connectivity index (χ4n) is 1.37. The van der Waals surface area contributed by atoms with Crippen LogP contribution in [-0.2, 0) is 9.59 Å². The van der Waals surface area contributed by atoms with Gasteiger partial charge >= 0.3 is 0 Å². The number of carbonyl (C=O) groups is 2. The van der Waals surface area contributed by atoms with Crippen molar-refractivity contribution in [2.75, 3.05) is 24.6 Å². The van der Waals surface area contributed by atoms with Crippen LogP contribution in [-0.4, -0.2) is 47.7 Å². The first-order valence-corrected chi connectivity index (χ1v) is 7.90. The predicted molar refractivity (Wildman–Crippen MR) is 76.6 cm³/mol. The largest absolute Gasteiger partial charge is 0.330 e. The lowest BCUT2D eigenvalue weighted by molar-refractivity contribution is -0.108.